The molecule has 1 heteroatoms. The van der Waals surface area contributed by atoms with Crippen molar-refractivity contribution < 1.29 is 4.79 Å². The first kappa shape index (κ1) is 21.4. The van der Waals surface area contributed by atoms with Gasteiger partial charge in [-0.05, 0) is 84.7 Å². The fourth-order valence-corrected chi connectivity index (χ4v) is 7.96. The average molecular weight is 397 g/mol. The Kier molecular flexibility index (Phi) is 5.44. The summed E-state index contributed by atoms with van der Waals surface area (Å²) in [5.74, 6) is 2.74. The van der Waals surface area contributed by atoms with Gasteiger partial charge in [-0.25, -0.2) is 0 Å². The van der Waals surface area contributed by atoms with E-state index in [1.807, 2.05) is 0 Å². The molecule has 0 N–H and O–H groups in total. The maximum Gasteiger partial charge on any atom is 0.138 e. The maximum atomic E-state index is 12.7. The third kappa shape index (κ3) is 3.30. The third-order valence-electron chi connectivity index (χ3n) is 9.89. The molecular weight excluding hydrogens is 352 g/mol. The normalized spacial score (nSPS) is 38.6. The zero-order valence-electron chi connectivity index (χ0n) is 20.0. The second-order valence-corrected chi connectivity index (χ2v) is 12.3. The van der Waals surface area contributed by atoms with E-state index < -0.39 is 0 Å². The van der Waals surface area contributed by atoms with Gasteiger partial charge in [0.1, 0.15) is 5.78 Å². The van der Waals surface area contributed by atoms with E-state index >= 15 is 0 Å². The van der Waals surface area contributed by atoms with Gasteiger partial charge in [-0.2, -0.15) is 0 Å². The summed E-state index contributed by atoms with van der Waals surface area (Å²) in [6.45, 7) is 14.3. The van der Waals surface area contributed by atoms with Gasteiger partial charge in [-0.15, -0.1) is 0 Å². The molecule has 0 aromatic carbocycles. The summed E-state index contributed by atoms with van der Waals surface area (Å²) in [4.78, 5) is 12.7. The Bertz CT molecular complexity index is 735. The molecule has 1 saturated carbocycles. The van der Waals surface area contributed by atoms with Crippen LogP contribution in [0.4, 0.5) is 0 Å². The summed E-state index contributed by atoms with van der Waals surface area (Å²) in [6.07, 6.45) is 16.4. The molecule has 4 aliphatic carbocycles. The molecule has 0 aromatic rings. The van der Waals surface area contributed by atoms with Crippen LogP contribution in [0.25, 0.3) is 0 Å². The number of rotatable bonds is 5. The van der Waals surface area contributed by atoms with Crippen molar-refractivity contribution in [1.29, 1.82) is 0 Å². The highest BCUT2D eigenvalue weighted by molar-refractivity contribution is 5.85. The zero-order chi connectivity index (χ0) is 21.0. The summed E-state index contributed by atoms with van der Waals surface area (Å²) < 4.78 is 0. The molecule has 0 saturated heterocycles. The molecule has 0 heterocycles. The largest absolute Gasteiger partial charge is 0.299 e. The number of hydrogen-bond acceptors (Lipinski definition) is 1. The van der Waals surface area contributed by atoms with Crippen LogP contribution in [0.1, 0.15) is 112 Å². The van der Waals surface area contributed by atoms with Crippen molar-refractivity contribution in [2.45, 2.75) is 112 Å². The minimum atomic E-state index is -0.144. The number of carbonyl (C=O) groups excluding carboxylic acids is 1. The van der Waals surface area contributed by atoms with Crippen molar-refractivity contribution in [2.75, 3.05) is 0 Å². The second kappa shape index (κ2) is 7.38. The number of allylic oxidation sites excluding steroid dienone is 4. The first-order valence-corrected chi connectivity index (χ1v) is 12.6. The fraction of sp³-hybridized carbons (Fsp3) is 0.821. The zero-order valence-corrected chi connectivity index (χ0v) is 20.0. The van der Waals surface area contributed by atoms with Crippen LogP contribution in [0.15, 0.2) is 22.8 Å². The Labute approximate surface area is 179 Å². The Balaban J connectivity index is 1.56. The van der Waals surface area contributed by atoms with Gasteiger partial charge in [-0.3, -0.25) is 4.79 Å². The number of unbranched alkanes of at least 4 members (excludes halogenated alkanes) is 1. The first-order chi connectivity index (χ1) is 13.6. The molecule has 4 aliphatic rings. The lowest BCUT2D eigenvalue weighted by molar-refractivity contribution is -0.139. The lowest BCUT2D eigenvalue weighted by Crippen LogP contribution is -2.51. The molecule has 1 fully saturated rings. The van der Waals surface area contributed by atoms with E-state index in [0.29, 0.717) is 17.1 Å². The number of hydrogen-bond donors (Lipinski definition) is 0. The molecule has 162 valence electrons. The van der Waals surface area contributed by atoms with Gasteiger partial charge in [0.15, 0.2) is 0 Å². The molecule has 0 aromatic heterocycles. The van der Waals surface area contributed by atoms with E-state index in [0.717, 1.165) is 24.7 Å². The van der Waals surface area contributed by atoms with E-state index in [2.05, 4.69) is 47.6 Å². The van der Waals surface area contributed by atoms with Crippen LogP contribution >= 0.6 is 0 Å². The molecule has 4 rings (SSSR count). The summed E-state index contributed by atoms with van der Waals surface area (Å²) in [5.41, 5.74) is 5.77. The van der Waals surface area contributed by atoms with Crippen LogP contribution in [-0.2, 0) is 4.79 Å². The predicted molar refractivity (Wildman–Crippen MR) is 123 cm³/mol. The van der Waals surface area contributed by atoms with E-state index in [4.69, 9.17) is 0 Å². The van der Waals surface area contributed by atoms with E-state index in [1.165, 1.54) is 57.8 Å². The monoisotopic (exact) mass is 396 g/mol. The van der Waals surface area contributed by atoms with Crippen LogP contribution in [-0.4, -0.2) is 5.78 Å². The number of carbonyl (C=O) groups is 1. The van der Waals surface area contributed by atoms with E-state index in [1.54, 1.807) is 16.7 Å². The van der Waals surface area contributed by atoms with Crippen LogP contribution in [0.2, 0.25) is 0 Å². The molecule has 1 nitrogen and oxygen atoms in total. The molecule has 3 unspecified atom stereocenters. The minimum absolute atomic E-state index is 0.144. The number of Topliss-reactive ketones (excluding diaryl/α,β-unsaturated/α-hetero) is 1. The summed E-state index contributed by atoms with van der Waals surface area (Å²) in [6, 6.07) is 0. The standard InChI is InChI=1S/C28H44O/c1-19(2)9-7-8-10-20-11-13-22-21-12-14-24-26(3,4)25(29)16-18-28(24,6)23(21)15-17-27(20,22)5/h13,19-20,24H,7-12,14-18H2,1-6H3/t20?,24?,27?,28-/m1/s1. The van der Waals surface area contributed by atoms with Crippen LogP contribution in [0.5, 0.6) is 0 Å². The highest BCUT2D eigenvalue weighted by atomic mass is 16.1. The van der Waals surface area contributed by atoms with Crippen molar-refractivity contribution in [3.63, 3.8) is 0 Å². The maximum absolute atomic E-state index is 12.7. The van der Waals surface area contributed by atoms with Crippen LogP contribution < -0.4 is 0 Å². The Morgan fingerprint density at radius 2 is 1.72 bits per heavy atom. The first-order valence-electron chi connectivity index (χ1n) is 12.6. The third-order valence-corrected chi connectivity index (χ3v) is 9.89. The van der Waals surface area contributed by atoms with Gasteiger partial charge in [0.2, 0.25) is 0 Å². The van der Waals surface area contributed by atoms with Crippen LogP contribution in [0, 0.1) is 34.0 Å². The second-order valence-electron chi connectivity index (χ2n) is 12.3. The van der Waals surface area contributed by atoms with Crippen molar-refractivity contribution >= 4 is 5.78 Å². The Morgan fingerprint density at radius 3 is 2.45 bits per heavy atom. The molecule has 0 amide bonds. The smallest absolute Gasteiger partial charge is 0.138 e. The molecular formula is C28H44O. The van der Waals surface area contributed by atoms with Gasteiger partial charge < -0.3 is 0 Å². The fourth-order valence-electron chi connectivity index (χ4n) is 7.96. The summed E-state index contributed by atoms with van der Waals surface area (Å²) in [5, 5.41) is 0. The highest BCUT2D eigenvalue weighted by Crippen LogP contribution is 2.65. The Hall–Kier alpha value is -0.850. The summed E-state index contributed by atoms with van der Waals surface area (Å²) in [7, 11) is 0. The molecule has 29 heavy (non-hydrogen) atoms. The summed E-state index contributed by atoms with van der Waals surface area (Å²) >= 11 is 0. The lowest BCUT2D eigenvalue weighted by atomic mass is 9.47. The SMILES string of the molecule is CC(C)CCCCC1CC=C2C3=C(CCC21C)[C@@]1(C)CCC(=O)C(C)(C)C1CC3. The van der Waals surface area contributed by atoms with Crippen molar-refractivity contribution in [1.82, 2.24) is 0 Å². The van der Waals surface area contributed by atoms with E-state index in [9.17, 15) is 4.79 Å². The number of ketones is 1. The quantitative estimate of drug-likeness (QED) is 0.429. The Morgan fingerprint density at radius 1 is 1.00 bits per heavy atom. The van der Waals surface area contributed by atoms with E-state index in [-0.39, 0.29) is 10.8 Å². The predicted octanol–water partition coefficient (Wildman–Crippen LogP) is 8.05. The molecule has 4 atom stereocenters. The topological polar surface area (TPSA) is 17.1 Å². The highest BCUT2D eigenvalue weighted by Gasteiger charge is 2.57. The van der Waals surface area contributed by atoms with Gasteiger partial charge in [0.05, 0.1) is 0 Å². The molecule has 0 bridgehead atoms. The number of fused-ring (bicyclic) bond motifs is 4. The van der Waals surface area contributed by atoms with Gasteiger partial charge >= 0.3 is 0 Å². The van der Waals surface area contributed by atoms with Crippen molar-refractivity contribution in [3.8, 4) is 0 Å². The van der Waals surface area contributed by atoms with Gasteiger partial charge in [0, 0.05) is 11.8 Å². The average Bonchev–Trinajstić information content (AvgIpc) is 2.99. The minimum Gasteiger partial charge on any atom is -0.299 e. The van der Waals surface area contributed by atoms with Gasteiger partial charge in [-0.1, -0.05) is 72.5 Å². The van der Waals surface area contributed by atoms with Gasteiger partial charge in [0.25, 0.3) is 0 Å². The molecule has 0 spiro atoms. The van der Waals surface area contributed by atoms with Crippen molar-refractivity contribution in [2.24, 2.45) is 34.0 Å². The lowest BCUT2D eigenvalue weighted by Gasteiger charge is -2.57. The van der Waals surface area contributed by atoms with Crippen molar-refractivity contribution in [3.05, 3.63) is 22.8 Å². The van der Waals surface area contributed by atoms with Crippen LogP contribution in [0.3, 0.4) is 0 Å². The molecule has 0 aliphatic heterocycles. The molecule has 0 radical (unpaired) electrons.